The predicted octanol–water partition coefficient (Wildman–Crippen LogP) is 3.12. The quantitative estimate of drug-likeness (QED) is 0.264. The molecule has 37 heavy (non-hydrogen) atoms. The van der Waals surface area contributed by atoms with E-state index in [9.17, 15) is 22.8 Å². The largest absolute Gasteiger partial charge is 0.491 e. The van der Waals surface area contributed by atoms with Gasteiger partial charge < -0.3 is 15.0 Å². The molecule has 0 radical (unpaired) electrons. The maximum Gasteiger partial charge on any atom is 0.491 e. The van der Waals surface area contributed by atoms with Crippen LogP contribution in [0.2, 0.25) is 5.28 Å². The van der Waals surface area contributed by atoms with Crippen molar-refractivity contribution >= 4 is 50.5 Å². The first-order valence-electron chi connectivity index (χ1n) is 11.2. The predicted molar refractivity (Wildman–Crippen MR) is 134 cm³/mol. The van der Waals surface area contributed by atoms with E-state index >= 15 is 0 Å². The van der Waals surface area contributed by atoms with E-state index in [0.717, 1.165) is 10.0 Å². The number of anilines is 1. The number of benzene rings is 1. The number of ether oxygens (including phenoxy) is 1. The topological polar surface area (TPSA) is 94.3 Å². The molecule has 1 aliphatic heterocycles. The van der Waals surface area contributed by atoms with E-state index in [-0.39, 0.29) is 48.4 Å². The van der Waals surface area contributed by atoms with Crippen LogP contribution in [0.4, 0.5) is 19.0 Å². The van der Waals surface area contributed by atoms with Gasteiger partial charge in [-0.1, -0.05) is 34.0 Å². The highest BCUT2D eigenvalue weighted by molar-refractivity contribution is 9.10. The second-order valence-electron chi connectivity index (χ2n) is 8.07. The van der Waals surface area contributed by atoms with E-state index < -0.39 is 24.1 Å². The molecule has 1 N–H and O–H groups in total. The molecule has 1 fully saturated rings. The van der Waals surface area contributed by atoms with Gasteiger partial charge in [-0.15, -0.1) is 5.92 Å². The van der Waals surface area contributed by atoms with Gasteiger partial charge in [-0.2, -0.15) is 23.1 Å². The number of nitrogens with zero attached hydrogens (tertiary/aromatic N) is 5. The number of piperazine rings is 1. The first kappa shape index (κ1) is 27.0. The summed E-state index contributed by atoms with van der Waals surface area (Å²) >= 11 is 9.62. The summed E-state index contributed by atoms with van der Waals surface area (Å²) in [6.07, 6.45) is -6.01. The van der Waals surface area contributed by atoms with E-state index in [0.29, 0.717) is 13.0 Å². The average Bonchev–Trinajstić information content (AvgIpc) is 3.11. The van der Waals surface area contributed by atoms with Gasteiger partial charge in [0.2, 0.25) is 5.28 Å². The van der Waals surface area contributed by atoms with Gasteiger partial charge in [-0.05, 0) is 42.6 Å². The molecule has 3 heterocycles. The minimum atomic E-state index is -5.17. The van der Waals surface area contributed by atoms with Crippen LogP contribution in [0.3, 0.4) is 0 Å². The maximum atomic E-state index is 13.5. The number of esters is 1. The number of imidazole rings is 1. The van der Waals surface area contributed by atoms with Crippen molar-refractivity contribution in [3.63, 3.8) is 0 Å². The molecule has 1 aliphatic rings. The molecular weight excluding hydrogens is 581 g/mol. The van der Waals surface area contributed by atoms with Gasteiger partial charge in [0.15, 0.2) is 17.7 Å². The lowest BCUT2D eigenvalue weighted by atomic mass is 10.1. The summed E-state index contributed by atoms with van der Waals surface area (Å²) in [5.74, 6) is 3.32. The second kappa shape index (κ2) is 11.1. The van der Waals surface area contributed by atoms with Crippen LogP contribution in [0, 0.1) is 11.8 Å². The van der Waals surface area contributed by atoms with Crippen molar-refractivity contribution in [3.05, 3.63) is 50.1 Å². The molecule has 2 aromatic heterocycles. The Morgan fingerprint density at radius 2 is 2.00 bits per heavy atom. The molecule has 1 unspecified atom stereocenters. The smallest absolute Gasteiger partial charge is 0.433 e. The second-order valence-corrected chi connectivity index (χ2v) is 9.32. The third kappa shape index (κ3) is 5.92. The number of carbonyl (C=O) groups excluding carboxylic acids is 1. The Labute approximate surface area is 222 Å². The van der Waals surface area contributed by atoms with Crippen LogP contribution in [0.1, 0.15) is 12.5 Å². The fourth-order valence-electron chi connectivity index (χ4n) is 3.98. The Kier molecular flexibility index (Phi) is 8.11. The van der Waals surface area contributed by atoms with Gasteiger partial charge in [-0.3, -0.25) is 9.13 Å². The lowest BCUT2D eigenvalue weighted by molar-refractivity contribution is -0.205. The van der Waals surface area contributed by atoms with Gasteiger partial charge in [-0.25, -0.2) is 9.59 Å². The Hall–Kier alpha value is -3.08. The summed E-state index contributed by atoms with van der Waals surface area (Å²) in [4.78, 5) is 35.0. The van der Waals surface area contributed by atoms with Crippen molar-refractivity contribution in [2.75, 3.05) is 24.5 Å². The molecular formula is C23H21BrClF3N6O3. The number of halogens is 5. The molecule has 0 bridgehead atoms. The van der Waals surface area contributed by atoms with E-state index in [4.69, 9.17) is 16.3 Å². The summed E-state index contributed by atoms with van der Waals surface area (Å²) in [6, 6.07) is 7.62. The van der Waals surface area contributed by atoms with Crippen LogP contribution in [-0.2, 0) is 29.0 Å². The normalized spacial score (nSPS) is 15.9. The van der Waals surface area contributed by atoms with Crippen molar-refractivity contribution in [3.8, 4) is 11.8 Å². The minimum Gasteiger partial charge on any atom is -0.433 e. The SMILES string of the molecule is CC#CCn1c(=O)n(CCc2ccc(Br)cc2)c2nc(Cl)nc(N3CCNCC3OC(=O)C(F)(F)F)c21. The number of hydrogen-bond donors (Lipinski definition) is 1. The Morgan fingerprint density at radius 1 is 1.27 bits per heavy atom. The van der Waals surface area contributed by atoms with Gasteiger partial charge in [0.05, 0.1) is 13.1 Å². The number of fused-ring (bicyclic) bond motifs is 1. The van der Waals surface area contributed by atoms with Crippen molar-refractivity contribution in [2.24, 2.45) is 0 Å². The van der Waals surface area contributed by atoms with Gasteiger partial charge in [0.1, 0.15) is 5.52 Å². The van der Waals surface area contributed by atoms with Crippen LogP contribution in [0.25, 0.3) is 11.2 Å². The van der Waals surface area contributed by atoms with Crippen LogP contribution in [0.15, 0.2) is 33.5 Å². The molecule has 1 aromatic carbocycles. The van der Waals surface area contributed by atoms with E-state index in [2.05, 4.69) is 43.1 Å². The zero-order valence-electron chi connectivity index (χ0n) is 19.5. The fourth-order valence-corrected chi connectivity index (χ4v) is 4.41. The summed E-state index contributed by atoms with van der Waals surface area (Å²) < 4.78 is 47.3. The monoisotopic (exact) mass is 600 g/mol. The number of rotatable bonds is 6. The van der Waals surface area contributed by atoms with E-state index in [1.54, 1.807) is 6.92 Å². The summed E-state index contributed by atoms with van der Waals surface area (Å²) in [5.41, 5.74) is 0.995. The van der Waals surface area contributed by atoms with Crippen LogP contribution in [0.5, 0.6) is 0 Å². The Bertz CT molecular complexity index is 1430. The standard InChI is InChI=1S/C23H21BrClF3N6O3/c1-2-3-10-33-17-18(32-12-9-29-13-16(32)37-20(35)23(26,27)28)30-21(25)31-19(17)34(22(33)36)11-8-14-4-6-15(24)7-5-14/h4-7,16,29H,8-13H2,1H3. The van der Waals surface area contributed by atoms with Crippen LogP contribution >= 0.6 is 27.5 Å². The Balaban J connectivity index is 1.81. The zero-order chi connectivity index (χ0) is 26.7. The first-order valence-corrected chi connectivity index (χ1v) is 12.3. The maximum absolute atomic E-state index is 13.5. The zero-order valence-corrected chi connectivity index (χ0v) is 21.8. The molecule has 0 saturated carbocycles. The number of aryl methyl sites for hydroxylation is 2. The van der Waals surface area contributed by atoms with E-state index in [1.807, 2.05) is 24.3 Å². The minimum absolute atomic E-state index is 0.00575. The third-order valence-corrected chi connectivity index (χ3v) is 6.40. The van der Waals surface area contributed by atoms with Crippen molar-refractivity contribution in [1.29, 1.82) is 0 Å². The lowest BCUT2D eigenvalue weighted by Gasteiger charge is -2.36. The number of nitrogens with one attached hydrogen (secondary N) is 1. The molecule has 1 atom stereocenters. The molecule has 196 valence electrons. The van der Waals surface area contributed by atoms with Crippen molar-refractivity contribution < 1.29 is 22.7 Å². The van der Waals surface area contributed by atoms with Crippen LogP contribution < -0.4 is 15.9 Å². The van der Waals surface area contributed by atoms with Gasteiger partial charge >= 0.3 is 17.8 Å². The molecule has 0 spiro atoms. The summed E-state index contributed by atoms with van der Waals surface area (Å²) in [5, 5.41) is 2.69. The molecule has 1 saturated heterocycles. The van der Waals surface area contributed by atoms with E-state index in [1.165, 1.54) is 14.0 Å². The third-order valence-electron chi connectivity index (χ3n) is 5.70. The highest BCUT2D eigenvalue weighted by atomic mass is 79.9. The number of alkyl halides is 3. The van der Waals surface area contributed by atoms with Gasteiger partial charge in [0.25, 0.3) is 0 Å². The highest BCUT2D eigenvalue weighted by Gasteiger charge is 2.44. The first-order chi connectivity index (χ1) is 17.6. The molecule has 4 rings (SSSR count). The molecule has 0 amide bonds. The van der Waals surface area contributed by atoms with Crippen molar-refractivity contribution in [2.45, 2.75) is 38.8 Å². The van der Waals surface area contributed by atoms with Gasteiger partial charge in [0, 0.05) is 24.1 Å². The molecule has 3 aromatic rings. The number of carbonyl (C=O) groups is 1. The average molecular weight is 602 g/mol. The van der Waals surface area contributed by atoms with Crippen molar-refractivity contribution in [1.82, 2.24) is 24.4 Å². The summed E-state index contributed by atoms with van der Waals surface area (Å²) in [6.45, 7) is 2.28. The summed E-state index contributed by atoms with van der Waals surface area (Å²) in [7, 11) is 0. The van der Waals surface area contributed by atoms with Crippen LogP contribution in [-0.4, -0.2) is 57.1 Å². The Morgan fingerprint density at radius 3 is 2.68 bits per heavy atom. The molecule has 9 nitrogen and oxygen atoms in total. The molecule has 14 heteroatoms. The fraction of sp³-hybridized carbons (Fsp3) is 0.391. The number of hydrogen-bond acceptors (Lipinski definition) is 7. The highest BCUT2D eigenvalue weighted by Crippen LogP contribution is 2.29. The molecule has 0 aliphatic carbocycles. The lowest BCUT2D eigenvalue weighted by Crippen LogP contribution is -2.54. The number of aromatic nitrogens is 4.